The molecule has 0 bridgehead atoms. The topological polar surface area (TPSA) is 79.9 Å². The van der Waals surface area contributed by atoms with Gasteiger partial charge in [0.05, 0.1) is 12.8 Å². The maximum absolute atomic E-state index is 11.8. The molecule has 0 saturated heterocycles. The van der Waals surface area contributed by atoms with E-state index in [9.17, 15) is 4.79 Å². The molecule has 2 aromatic heterocycles. The smallest absolute Gasteiger partial charge is 0.341 e. The fourth-order valence-corrected chi connectivity index (χ4v) is 2.03. The van der Waals surface area contributed by atoms with Crippen LogP contribution in [-0.2, 0) is 11.2 Å². The minimum Gasteiger partial charge on any atom is -0.462 e. The average molecular weight is 288 g/mol. The van der Waals surface area contributed by atoms with Gasteiger partial charge in [-0.2, -0.15) is 5.10 Å². The lowest BCUT2D eigenvalue weighted by atomic mass is 10.1. The van der Waals surface area contributed by atoms with E-state index in [1.165, 1.54) is 5.56 Å². The summed E-state index contributed by atoms with van der Waals surface area (Å²) in [4.78, 5) is 16.0. The van der Waals surface area contributed by atoms with Crippen LogP contribution in [0, 0.1) is 6.92 Å². The van der Waals surface area contributed by atoms with Gasteiger partial charge in [0, 0.05) is 18.4 Å². The predicted molar refractivity (Wildman–Crippen MR) is 80.3 cm³/mol. The molecule has 0 atom stereocenters. The van der Waals surface area contributed by atoms with Gasteiger partial charge >= 0.3 is 5.97 Å². The zero-order valence-electron chi connectivity index (χ0n) is 12.3. The molecule has 6 nitrogen and oxygen atoms in total. The summed E-state index contributed by atoms with van der Waals surface area (Å²) in [7, 11) is 0. The minimum absolute atomic E-state index is 0.348. The average Bonchev–Trinajstić information content (AvgIpc) is 2.90. The maximum Gasteiger partial charge on any atom is 0.341 e. The molecule has 0 aliphatic rings. The van der Waals surface area contributed by atoms with Crippen molar-refractivity contribution in [2.45, 2.75) is 26.7 Å². The molecule has 0 fully saturated rings. The number of aromatic amines is 1. The fraction of sp³-hybridized carbons (Fsp3) is 0.400. The normalized spacial score (nSPS) is 10.4. The molecule has 0 radical (unpaired) electrons. The Morgan fingerprint density at radius 1 is 1.48 bits per heavy atom. The molecule has 2 N–H and O–H groups in total. The number of carbonyl (C=O) groups excluding carboxylic acids is 1. The molecule has 0 aliphatic carbocycles. The van der Waals surface area contributed by atoms with Gasteiger partial charge in [-0.3, -0.25) is 5.10 Å². The number of H-pyrrole nitrogens is 1. The van der Waals surface area contributed by atoms with Crippen molar-refractivity contribution >= 4 is 11.8 Å². The number of hydrogen-bond acceptors (Lipinski definition) is 5. The van der Waals surface area contributed by atoms with E-state index in [2.05, 4.69) is 20.5 Å². The van der Waals surface area contributed by atoms with Gasteiger partial charge in [0.1, 0.15) is 11.4 Å². The van der Waals surface area contributed by atoms with Gasteiger partial charge in [0.25, 0.3) is 0 Å². The highest BCUT2D eigenvalue weighted by atomic mass is 16.5. The van der Waals surface area contributed by atoms with Crippen LogP contribution in [0.4, 0.5) is 5.82 Å². The number of hydrogen-bond donors (Lipinski definition) is 2. The lowest BCUT2D eigenvalue weighted by Crippen LogP contribution is -2.12. The quantitative estimate of drug-likeness (QED) is 0.604. The van der Waals surface area contributed by atoms with Crippen molar-refractivity contribution in [1.82, 2.24) is 15.2 Å². The zero-order valence-corrected chi connectivity index (χ0v) is 12.3. The van der Waals surface area contributed by atoms with Crippen LogP contribution in [0.25, 0.3) is 0 Å². The summed E-state index contributed by atoms with van der Waals surface area (Å²) in [6.07, 6.45) is 5.36. The number of esters is 1. The second-order valence-corrected chi connectivity index (χ2v) is 4.67. The molecule has 0 unspecified atom stereocenters. The Labute approximate surface area is 123 Å². The van der Waals surface area contributed by atoms with E-state index < -0.39 is 0 Å². The standard InChI is InChI=1S/C15H20N4O2/c1-3-21-15(20)13-7-5-9-17-14(13)16-8-4-6-12-10-18-19-11(12)2/h5,7,9-10H,3-4,6,8H2,1-2H3,(H,16,17)(H,18,19). The van der Waals surface area contributed by atoms with Crippen molar-refractivity contribution in [3.05, 3.63) is 41.3 Å². The number of nitrogens with one attached hydrogen (secondary N) is 2. The highest BCUT2D eigenvalue weighted by Crippen LogP contribution is 2.13. The molecule has 0 aromatic carbocycles. The number of rotatable bonds is 7. The van der Waals surface area contributed by atoms with E-state index in [0.717, 1.165) is 25.1 Å². The lowest BCUT2D eigenvalue weighted by molar-refractivity contribution is 0.0527. The Hall–Kier alpha value is -2.37. The van der Waals surface area contributed by atoms with E-state index in [-0.39, 0.29) is 5.97 Å². The summed E-state index contributed by atoms with van der Waals surface area (Å²) in [5.74, 6) is 0.221. The summed E-state index contributed by atoms with van der Waals surface area (Å²) in [5, 5.41) is 10.1. The molecule has 0 spiro atoms. The molecule has 0 amide bonds. The van der Waals surface area contributed by atoms with Gasteiger partial charge in [-0.25, -0.2) is 9.78 Å². The van der Waals surface area contributed by atoms with Crippen LogP contribution in [0.2, 0.25) is 0 Å². The fourth-order valence-electron chi connectivity index (χ4n) is 2.03. The third kappa shape index (κ3) is 4.05. The number of carbonyl (C=O) groups is 1. The summed E-state index contributed by atoms with van der Waals surface area (Å²) in [6, 6.07) is 3.44. The minimum atomic E-state index is -0.348. The first-order valence-electron chi connectivity index (χ1n) is 7.07. The largest absolute Gasteiger partial charge is 0.462 e. The first kappa shape index (κ1) is 15.0. The second-order valence-electron chi connectivity index (χ2n) is 4.67. The summed E-state index contributed by atoms with van der Waals surface area (Å²) in [5.41, 5.74) is 2.78. The number of aryl methyl sites for hydroxylation is 2. The molecule has 6 heteroatoms. The molecule has 2 heterocycles. The van der Waals surface area contributed by atoms with Crippen LogP contribution < -0.4 is 5.32 Å². The maximum atomic E-state index is 11.8. The SMILES string of the molecule is CCOC(=O)c1cccnc1NCCCc1cn[nH]c1C. The second kappa shape index (κ2) is 7.42. The van der Waals surface area contributed by atoms with Crippen LogP contribution in [0.3, 0.4) is 0 Å². The first-order valence-corrected chi connectivity index (χ1v) is 7.07. The lowest BCUT2D eigenvalue weighted by Gasteiger charge is -2.09. The van der Waals surface area contributed by atoms with Crippen LogP contribution in [0.15, 0.2) is 24.5 Å². The van der Waals surface area contributed by atoms with Gasteiger partial charge in [-0.05, 0) is 44.4 Å². The highest BCUT2D eigenvalue weighted by Gasteiger charge is 2.12. The number of pyridine rings is 1. The van der Waals surface area contributed by atoms with Gasteiger partial charge in [0.2, 0.25) is 0 Å². The van der Waals surface area contributed by atoms with E-state index >= 15 is 0 Å². The van der Waals surface area contributed by atoms with Crippen molar-refractivity contribution in [2.75, 3.05) is 18.5 Å². The number of anilines is 1. The zero-order chi connectivity index (χ0) is 15.1. The molecule has 0 saturated carbocycles. The number of nitrogens with zero attached hydrogens (tertiary/aromatic N) is 2. The molecular formula is C15H20N4O2. The van der Waals surface area contributed by atoms with Crippen LogP contribution in [0.1, 0.15) is 35.0 Å². The van der Waals surface area contributed by atoms with Crippen molar-refractivity contribution < 1.29 is 9.53 Å². The van der Waals surface area contributed by atoms with Crippen molar-refractivity contribution in [2.24, 2.45) is 0 Å². The summed E-state index contributed by atoms with van der Waals surface area (Å²) < 4.78 is 5.02. The monoisotopic (exact) mass is 288 g/mol. The third-order valence-corrected chi connectivity index (χ3v) is 3.15. The van der Waals surface area contributed by atoms with Crippen molar-refractivity contribution in [1.29, 1.82) is 0 Å². The molecule has 2 aromatic rings. The van der Waals surface area contributed by atoms with Crippen LogP contribution in [-0.4, -0.2) is 34.3 Å². The molecule has 112 valence electrons. The van der Waals surface area contributed by atoms with Crippen LogP contribution >= 0.6 is 0 Å². The van der Waals surface area contributed by atoms with E-state index in [4.69, 9.17) is 4.74 Å². The van der Waals surface area contributed by atoms with Gasteiger partial charge in [0.15, 0.2) is 0 Å². The Morgan fingerprint density at radius 2 is 2.33 bits per heavy atom. The first-order chi connectivity index (χ1) is 10.2. The Bertz CT molecular complexity index is 595. The summed E-state index contributed by atoms with van der Waals surface area (Å²) >= 11 is 0. The molecular weight excluding hydrogens is 268 g/mol. The number of aromatic nitrogens is 3. The Kier molecular flexibility index (Phi) is 5.31. The Morgan fingerprint density at radius 3 is 3.05 bits per heavy atom. The summed E-state index contributed by atoms with van der Waals surface area (Å²) in [6.45, 7) is 4.88. The molecule has 21 heavy (non-hydrogen) atoms. The Balaban J connectivity index is 1.88. The van der Waals surface area contributed by atoms with Gasteiger partial charge in [-0.1, -0.05) is 0 Å². The highest BCUT2D eigenvalue weighted by molar-refractivity contribution is 5.94. The van der Waals surface area contributed by atoms with E-state index in [0.29, 0.717) is 18.0 Å². The van der Waals surface area contributed by atoms with Crippen molar-refractivity contribution in [3.8, 4) is 0 Å². The van der Waals surface area contributed by atoms with E-state index in [1.54, 1.807) is 25.3 Å². The van der Waals surface area contributed by atoms with Crippen molar-refractivity contribution in [3.63, 3.8) is 0 Å². The van der Waals surface area contributed by atoms with Crippen LogP contribution in [0.5, 0.6) is 0 Å². The predicted octanol–water partition coefficient (Wildman–Crippen LogP) is 2.33. The van der Waals surface area contributed by atoms with E-state index in [1.807, 2.05) is 13.1 Å². The number of ether oxygens (including phenoxy) is 1. The van der Waals surface area contributed by atoms with Gasteiger partial charge < -0.3 is 10.1 Å². The van der Waals surface area contributed by atoms with Gasteiger partial charge in [-0.15, -0.1) is 0 Å². The molecule has 0 aliphatic heterocycles. The molecule has 2 rings (SSSR count). The third-order valence-electron chi connectivity index (χ3n) is 3.15.